The van der Waals surface area contributed by atoms with E-state index in [0.29, 0.717) is 12.1 Å². The molecule has 77 heavy (non-hydrogen) atoms. The third-order valence-electron chi connectivity index (χ3n) is 9.58. The van der Waals surface area contributed by atoms with Crippen LogP contribution < -0.4 is 40.6 Å². The van der Waals surface area contributed by atoms with E-state index in [1.165, 1.54) is 39.0 Å². The van der Waals surface area contributed by atoms with Crippen LogP contribution in [0.25, 0.3) is 0 Å². The third-order valence-corrected chi connectivity index (χ3v) is 10.5. The van der Waals surface area contributed by atoms with Crippen LogP contribution in [-0.2, 0) is 43.6 Å². The van der Waals surface area contributed by atoms with Crippen LogP contribution in [0.2, 0.25) is 0 Å². The average Bonchev–Trinajstić information content (AvgIpc) is 1.69. The Bertz CT molecular complexity index is 3850. The number of carbonyl (C=O) groups excluding carboxylic acids is 7. The Morgan fingerprint density at radius 3 is 1.69 bits per heavy atom. The van der Waals surface area contributed by atoms with Gasteiger partial charge in [0.15, 0.2) is 23.0 Å². The van der Waals surface area contributed by atoms with E-state index in [4.69, 9.17) is 53.1 Å². The van der Waals surface area contributed by atoms with Crippen LogP contribution in [0.3, 0.4) is 0 Å². The van der Waals surface area contributed by atoms with Crippen LogP contribution in [-0.4, -0.2) is 131 Å². The number of ether oxygens (including phenoxy) is 5. The molecular formula is C52H65N5O18S2. The van der Waals surface area contributed by atoms with Crippen molar-refractivity contribution in [1.29, 1.82) is 0 Å². The van der Waals surface area contributed by atoms with Gasteiger partial charge in [-0.15, -0.1) is 0 Å². The largest absolute Gasteiger partial charge is 0.493 e. The second-order valence-electron chi connectivity index (χ2n) is 16.0. The summed E-state index contributed by atoms with van der Waals surface area (Å²) in [6, 6.07) is 6.16. The summed E-state index contributed by atoms with van der Waals surface area (Å²) in [6.45, 7) is 10.5. The van der Waals surface area contributed by atoms with Crippen LogP contribution in [0.4, 0.5) is 11.4 Å². The quantitative estimate of drug-likeness (QED) is 0.0460. The molecule has 2 aliphatic heterocycles. The maximum absolute atomic E-state index is 13.7. The fourth-order valence-corrected chi connectivity index (χ4v) is 7.62. The van der Waals surface area contributed by atoms with Crippen molar-refractivity contribution >= 4 is 78.5 Å². The van der Waals surface area contributed by atoms with Gasteiger partial charge in [0, 0.05) is 52.9 Å². The summed E-state index contributed by atoms with van der Waals surface area (Å²) >= 11 is 0. The lowest BCUT2D eigenvalue weighted by molar-refractivity contribution is -0.142. The van der Waals surface area contributed by atoms with E-state index in [1.54, 1.807) is 19.1 Å². The molecule has 4 aromatic rings. The Labute approximate surface area is 472 Å². The topological polar surface area (TPSA) is 337 Å². The number of cyclic esters (lactones) is 2. The number of fused-ring (bicyclic) bond motifs is 2. The van der Waals surface area contributed by atoms with Gasteiger partial charge in [-0.05, 0) is 85.8 Å². The number of nitrogens with one attached hydrogen (secondary N) is 3. The van der Waals surface area contributed by atoms with Crippen LogP contribution in [0.5, 0.6) is 23.0 Å². The lowest BCUT2D eigenvalue weighted by Crippen LogP contribution is -2.40. The van der Waals surface area contributed by atoms with Crippen molar-refractivity contribution in [2.24, 2.45) is 11.7 Å². The zero-order valence-electron chi connectivity index (χ0n) is 59.9. The normalized spacial score (nSPS) is 18.8. The van der Waals surface area contributed by atoms with E-state index < -0.39 is 145 Å². The number of aliphatic carboxylic acids is 1. The van der Waals surface area contributed by atoms with E-state index in [9.17, 15) is 56.6 Å². The lowest BCUT2D eigenvalue weighted by Gasteiger charge is -2.27. The molecule has 0 radical (unpaired) electrons. The summed E-state index contributed by atoms with van der Waals surface area (Å²) in [5, 5.41) is 15.8. The summed E-state index contributed by atoms with van der Waals surface area (Å²) < 4.78 is 212. The van der Waals surface area contributed by atoms with Gasteiger partial charge in [0.2, 0.25) is 17.7 Å². The van der Waals surface area contributed by atoms with Gasteiger partial charge in [0.25, 0.3) is 11.8 Å². The van der Waals surface area contributed by atoms with Gasteiger partial charge < -0.3 is 50.5 Å². The van der Waals surface area contributed by atoms with Gasteiger partial charge in [-0.2, -0.15) is 0 Å². The van der Waals surface area contributed by atoms with Crippen molar-refractivity contribution in [3.63, 3.8) is 0 Å². The van der Waals surface area contributed by atoms with Gasteiger partial charge in [0.05, 0.1) is 89.3 Å². The molecule has 5 amide bonds. The average molecular weight is 1130 g/mol. The first-order valence-electron chi connectivity index (χ1n) is 31.2. The molecule has 23 nitrogen and oxygen atoms in total. The van der Waals surface area contributed by atoms with E-state index in [2.05, 4.69) is 20.7 Å². The highest BCUT2D eigenvalue weighted by Crippen LogP contribution is 2.39. The second kappa shape index (κ2) is 28.3. The number of rotatable bonds is 19. The Kier molecular flexibility index (Phi) is 14.8. The first-order valence-corrected chi connectivity index (χ1v) is 25.2. The summed E-state index contributed by atoms with van der Waals surface area (Å²) in [4.78, 5) is 93.4. The Morgan fingerprint density at radius 1 is 0.701 bits per heavy atom. The molecule has 0 spiro atoms. The van der Waals surface area contributed by atoms with Gasteiger partial charge in [-0.3, -0.25) is 28.9 Å². The van der Waals surface area contributed by atoms with Crippen molar-refractivity contribution in [2.45, 2.75) is 73.0 Å². The van der Waals surface area contributed by atoms with Gasteiger partial charge in [0.1, 0.15) is 25.7 Å². The number of amides is 5. The number of methoxy groups -OCH3 is 2. The molecule has 4 aromatic carbocycles. The fraction of sp³-hybridized carbons (Fsp3) is 0.385. The third kappa shape index (κ3) is 18.7. The van der Waals surface area contributed by atoms with Crippen molar-refractivity contribution in [3.05, 3.63) is 106 Å². The first kappa shape index (κ1) is 40.4. The molecular weight excluding hydrogens is 1050 g/mol. The number of carbonyl (C=O) groups is 8. The Morgan fingerprint density at radius 2 is 1.21 bits per heavy atom. The zero-order valence-corrected chi connectivity index (χ0v) is 43.6. The first-order chi connectivity index (χ1) is 43.0. The lowest BCUT2D eigenvalue weighted by atomic mass is 10.0. The molecule has 0 aliphatic carbocycles. The molecule has 0 saturated carbocycles. The summed E-state index contributed by atoms with van der Waals surface area (Å²) in [5.74, 6) is -7.51. The second-order valence-corrected chi connectivity index (χ2v) is 18.5. The van der Waals surface area contributed by atoms with E-state index >= 15 is 0 Å². The van der Waals surface area contributed by atoms with Crippen LogP contribution >= 0.6 is 0 Å². The maximum Gasteiger partial charge on any atom is 0.349 e. The van der Waals surface area contributed by atoms with Crippen LogP contribution in [0.1, 0.15) is 144 Å². The molecule has 2 aliphatic rings. The van der Waals surface area contributed by atoms with Crippen LogP contribution in [0.15, 0.2) is 72.8 Å². The number of imide groups is 1. The molecule has 2 heterocycles. The minimum atomic E-state index is -5.98. The van der Waals surface area contributed by atoms with Crippen molar-refractivity contribution < 1.29 is 109 Å². The van der Waals surface area contributed by atoms with Gasteiger partial charge >= 0.3 is 17.9 Å². The molecule has 0 fully saturated rings. The Hall–Kier alpha value is -7.90. The molecule has 6 rings (SSSR count). The number of hydrogen-bond donors (Lipinski definition) is 5. The molecule has 0 aromatic heterocycles. The van der Waals surface area contributed by atoms with E-state index in [0.717, 1.165) is 49.4 Å². The number of carboxylic acid groups (broad SMARTS) is 1. The summed E-state index contributed by atoms with van der Waals surface area (Å²) in [7, 11) is -17.3. The monoisotopic (exact) mass is 1130 g/mol. The summed E-state index contributed by atoms with van der Waals surface area (Å²) in [5.41, 5.74) is -4.04. The summed E-state index contributed by atoms with van der Waals surface area (Å²) in [6.07, 6.45) is -7.32. The smallest absolute Gasteiger partial charge is 0.349 e. The number of esters is 2. The number of nitrogens with two attached hydrogens (primary N) is 1. The minimum absolute atomic E-state index is 0.0385. The number of hydrogen-bond acceptors (Lipinski definition) is 18. The number of carboxylic acids is 1. The predicted molar refractivity (Wildman–Crippen MR) is 284 cm³/mol. The predicted octanol–water partition coefficient (Wildman–Crippen LogP) is 5.15. The number of sulfone groups is 2. The minimum Gasteiger partial charge on any atom is -0.493 e. The number of benzene rings is 4. The van der Waals surface area contributed by atoms with Crippen molar-refractivity contribution in [3.8, 4) is 23.0 Å². The fourth-order valence-electron chi connectivity index (χ4n) is 6.75. The van der Waals surface area contributed by atoms with E-state index in [-0.39, 0.29) is 64.2 Å². The molecule has 25 heteroatoms. The number of nitrogens with zero attached hydrogens (tertiary/aromatic N) is 1. The molecule has 6 N–H and O–H groups in total. The van der Waals surface area contributed by atoms with Crippen molar-refractivity contribution in [1.82, 2.24) is 10.2 Å². The number of anilines is 2. The standard InChI is InChI=1S/C22H24N2O7S.C12H19NO4S.C10H7NO4.C8H15NO3/c1-5-31-19-11-14(9-10-18(19)30-3)17(12-32(4,28)29)24-21(26)15-7-6-8-16(23-13(2)25)20(15)22(24)27;1-4-17-12-7-9(5-6-11(12)16-2)10(13)8-18(3,14)15;1-5(12)11-7-4-2-3-6-8(7)10(14)15-9(6)13;1-5(2)4-7(8(11)12)9-6(3)10/h6-11,17H,5,12H2,1-4H3,(H,23,25);5-7,10H,4,8,13H2,1-3H3;2-4H,1H3,(H,11,12);5,7H,4H2,1-3H3,(H,9,10)(H,11,12)/t17-;10-;;7-/m11.0/s1/i3D3,4D3,12D2,17D;2D3,3D3,8D2,10D;;. The van der Waals surface area contributed by atoms with E-state index in [1.807, 2.05) is 13.8 Å². The highest BCUT2D eigenvalue weighted by Gasteiger charge is 2.43. The Balaban J connectivity index is 0.000000370. The molecule has 0 unspecified atom stereocenters. The maximum atomic E-state index is 13.7. The van der Waals surface area contributed by atoms with Crippen LogP contribution in [0, 0.1) is 5.92 Å². The zero-order chi connectivity index (χ0) is 73.5. The molecule has 0 bridgehead atoms. The highest BCUT2D eigenvalue weighted by molar-refractivity contribution is 7.90. The molecule has 418 valence electrons. The van der Waals surface area contributed by atoms with Gasteiger partial charge in [-0.25, -0.2) is 31.2 Å². The van der Waals surface area contributed by atoms with Crippen molar-refractivity contribution in [2.75, 3.05) is 61.7 Å². The SMILES string of the molecule is CC(=O)N[C@@H](CC(C)C)C(=O)O.CC(=O)Nc1cccc2c1C(=O)OC2=O.[2H]C([2H])([2H])Oc1ccc([C@]([2H])(N)C([2H])([2H])S(=O)(=O)C([2H])([2H])[2H])cc1OCC.[2H]C([2H])([2H])Oc1ccc([C@]([2H])(N2C(=O)c3cccc(NC(C)=O)c3C2=O)C([2H])([2H])S(=O)(=O)C([2H])([2H])[2H])cc1OCC. The highest BCUT2D eigenvalue weighted by atomic mass is 32.2. The molecule has 3 atom stereocenters. The molecule has 0 saturated heterocycles. The van der Waals surface area contributed by atoms with Gasteiger partial charge in [-0.1, -0.05) is 38.1 Å².